The lowest BCUT2D eigenvalue weighted by molar-refractivity contribution is -0.0385. The molecule has 3 aliphatic rings. The minimum atomic E-state index is -0.600. The normalized spacial score (nSPS) is 19.5. The Hall–Kier alpha value is -3.36. The van der Waals surface area contributed by atoms with Crippen molar-refractivity contribution in [2.24, 2.45) is 0 Å². The highest BCUT2D eigenvalue weighted by atomic mass is 19.1. The van der Waals surface area contributed by atoms with Gasteiger partial charge in [0.15, 0.2) is 0 Å². The fraction of sp³-hybridized carbons (Fsp3) is 0.435. The average molecular weight is 439 g/mol. The van der Waals surface area contributed by atoms with Crippen LogP contribution in [0.15, 0.2) is 29.3 Å². The zero-order chi connectivity index (χ0) is 22.9. The number of aromatic amines is 1. The number of hydrogen-bond donors (Lipinski definition) is 1. The van der Waals surface area contributed by atoms with Crippen molar-refractivity contribution in [1.29, 1.82) is 0 Å². The minimum absolute atomic E-state index is 0.0122. The van der Waals surface area contributed by atoms with Gasteiger partial charge in [0.1, 0.15) is 17.2 Å². The first kappa shape index (κ1) is 20.5. The van der Waals surface area contributed by atoms with E-state index in [-0.39, 0.29) is 29.7 Å². The van der Waals surface area contributed by atoms with Crippen molar-refractivity contribution in [3.63, 3.8) is 0 Å². The smallest absolute Gasteiger partial charge is 0.411 e. The van der Waals surface area contributed by atoms with Crippen LogP contribution < -0.4 is 5.69 Å². The number of nitrogens with zero attached hydrogens (tertiary/aromatic N) is 4. The van der Waals surface area contributed by atoms with Crippen LogP contribution in [-0.2, 0) is 11.2 Å². The maximum Gasteiger partial charge on any atom is 0.411 e. The number of aryl methyl sites for hydroxylation is 2. The van der Waals surface area contributed by atoms with Crippen LogP contribution >= 0.6 is 0 Å². The predicted molar refractivity (Wildman–Crippen MR) is 116 cm³/mol. The number of ether oxygens (including phenoxy) is 1. The number of halogens is 1. The number of amides is 1. The SMILES string of the molecule is Cc1cc(-n2nc3c(c2-n2cc[nH]c2=O)[C@H]2CC(C3)N2C(=O)OC(C)(C)C)cc(C)c1F. The first-order chi connectivity index (χ1) is 15.0. The van der Waals surface area contributed by atoms with Crippen LogP contribution in [0.25, 0.3) is 11.5 Å². The number of nitrogens with one attached hydrogen (secondary N) is 1. The van der Waals surface area contributed by atoms with Gasteiger partial charge >= 0.3 is 11.8 Å². The van der Waals surface area contributed by atoms with E-state index >= 15 is 0 Å². The second-order valence-electron chi connectivity index (χ2n) is 9.62. The molecule has 2 aromatic heterocycles. The highest BCUT2D eigenvalue weighted by molar-refractivity contribution is 5.72. The van der Waals surface area contributed by atoms with Crippen molar-refractivity contribution >= 4 is 6.09 Å². The largest absolute Gasteiger partial charge is 0.444 e. The number of benzene rings is 1. The molecular formula is C23H26FN5O3. The molecule has 1 aromatic carbocycles. The van der Waals surface area contributed by atoms with Crippen molar-refractivity contribution in [2.75, 3.05) is 0 Å². The number of rotatable bonds is 2. The zero-order valence-corrected chi connectivity index (χ0v) is 18.8. The van der Waals surface area contributed by atoms with Gasteiger partial charge in [0, 0.05) is 30.4 Å². The Bertz CT molecular complexity index is 1270. The average Bonchev–Trinajstić information content (AvgIpc) is 3.26. The Morgan fingerprint density at radius 3 is 2.53 bits per heavy atom. The molecule has 9 heteroatoms. The fourth-order valence-electron chi connectivity index (χ4n) is 4.76. The van der Waals surface area contributed by atoms with Crippen LogP contribution in [0.4, 0.5) is 9.18 Å². The molecule has 0 saturated carbocycles. The molecule has 1 aliphatic carbocycles. The van der Waals surface area contributed by atoms with Gasteiger partial charge in [-0.1, -0.05) is 0 Å². The highest BCUT2D eigenvalue weighted by Crippen LogP contribution is 2.49. The summed E-state index contributed by atoms with van der Waals surface area (Å²) in [6.45, 7) is 8.94. The monoisotopic (exact) mass is 439 g/mol. The molecule has 2 bridgehead atoms. The van der Waals surface area contributed by atoms with Crippen LogP contribution in [0.5, 0.6) is 0 Å². The van der Waals surface area contributed by atoms with Gasteiger partial charge in [-0.05, 0) is 64.3 Å². The number of carbonyl (C=O) groups is 1. The van der Waals surface area contributed by atoms with Crippen molar-refractivity contribution in [3.8, 4) is 11.5 Å². The molecular weight excluding hydrogens is 413 g/mol. The number of hydrogen-bond acceptors (Lipinski definition) is 4. The summed E-state index contributed by atoms with van der Waals surface area (Å²) in [6.07, 6.45) is 4.19. The van der Waals surface area contributed by atoms with Gasteiger partial charge in [0.25, 0.3) is 0 Å². The maximum absolute atomic E-state index is 14.3. The predicted octanol–water partition coefficient (Wildman–Crippen LogP) is 3.71. The van der Waals surface area contributed by atoms with E-state index in [2.05, 4.69) is 4.98 Å². The van der Waals surface area contributed by atoms with Crippen LogP contribution in [-0.4, -0.2) is 42.0 Å². The first-order valence-electron chi connectivity index (χ1n) is 10.7. The number of imidazole rings is 1. The second kappa shape index (κ2) is 6.82. The standard InChI is InChI=1S/C23H26FN5O3/c1-12-8-15(9-13(2)19(12)24)29-20(27-7-6-25-21(27)30)18-16(26-29)10-14-11-17(18)28(14)22(31)32-23(3,4)5/h6-9,14,17H,10-11H2,1-5H3,(H,25,30)/t14?,17-/m1/s1. The molecule has 1 N–H and O–H groups in total. The van der Waals surface area contributed by atoms with Gasteiger partial charge in [-0.3, -0.25) is 9.47 Å². The molecule has 1 saturated heterocycles. The summed E-state index contributed by atoms with van der Waals surface area (Å²) in [7, 11) is 0. The van der Waals surface area contributed by atoms with Crippen LogP contribution in [0.3, 0.4) is 0 Å². The van der Waals surface area contributed by atoms with Crippen LogP contribution in [0.2, 0.25) is 0 Å². The lowest BCUT2D eigenvalue weighted by Gasteiger charge is -2.51. The van der Waals surface area contributed by atoms with Gasteiger partial charge < -0.3 is 9.72 Å². The molecule has 4 heterocycles. The molecule has 32 heavy (non-hydrogen) atoms. The van der Waals surface area contributed by atoms with E-state index in [1.165, 1.54) is 4.57 Å². The molecule has 168 valence electrons. The van der Waals surface area contributed by atoms with Gasteiger partial charge in [-0.25, -0.2) is 18.7 Å². The Morgan fingerprint density at radius 2 is 1.94 bits per heavy atom. The molecule has 1 fully saturated rings. The molecule has 1 amide bonds. The minimum Gasteiger partial charge on any atom is -0.444 e. The Balaban J connectivity index is 1.67. The number of carbonyl (C=O) groups excluding carboxylic acids is 1. The van der Waals surface area contributed by atoms with E-state index in [0.29, 0.717) is 29.1 Å². The number of aromatic nitrogens is 4. The van der Waals surface area contributed by atoms with Gasteiger partial charge in [-0.15, -0.1) is 0 Å². The first-order valence-corrected chi connectivity index (χ1v) is 10.7. The topological polar surface area (TPSA) is 85.2 Å². The lowest BCUT2D eigenvalue weighted by Crippen LogP contribution is -2.58. The Kier molecular flexibility index (Phi) is 4.38. The molecule has 1 unspecified atom stereocenters. The van der Waals surface area contributed by atoms with E-state index in [4.69, 9.17) is 9.84 Å². The zero-order valence-electron chi connectivity index (χ0n) is 18.8. The quantitative estimate of drug-likeness (QED) is 0.660. The van der Waals surface area contributed by atoms with E-state index in [0.717, 1.165) is 17.7 Å². The third-order valence-electron chi connectivity index (χ3n) is 6.11. The summed E-state index contributed by atoms with van der Waals surface area (Å²) in [5, 5.41) is 4.82. The molecule has 3 aromatic rings. The second-order valence-corrected chi connectivity index (χ2v) is 9.62. The van der Waals surface area contributed by atoms with Crippen molar-refractivity contribution < 1.29 is 13.9 Å². The molecule has 0 spiro atoms. The molecule has 2 atom stereocenters. The summed E-state index contributed by atoms with van der Waals surface area (Å²) >= 11 is 0. The lowest BCUT2D eigenvalue weighted by atomic mass is 9.78. The van der Waals surface area contributed by atoms with E-state index in [9.17, 15) is 14.0 Å². The molecule has 0 radical (unpaired) electrons. The molecule has 6 rings (SSSR count). The number of H-pyrrole nitrogens is 1. The van der Waals surface area contributed by atoms with Crippen LogP contribution in [0, 0.1) is 19.7 Å². The van der Waals surface area contributed by atoms with Crippen molar-refractivity contribution in [1.82, 2.24) is 24.2 Å². The summed E-state index contributed by atoms with van der Waals surface area (Å²) in [4.78, 5) is 29.9. The van der Waals surface area contributed by atoms with Gasteiger partial charge in [0.05, 0.1) is 17.4 Å². The highest BCUT2D eigenvalue weighted by Gasteiger charge is 2.52. The Morgan fingerprint density at radius 1 is 1.25 bits per heavy atom. The Labute approximate surface area is 184 Å². The van der Waals surface area contributed by atoms with Crippen LogP contribution in [0.1, 0.15) is 55.6 Å². The summed E-state index contributed by atoms with van der Waals surface area (Å²) < 4.78 is 23.1. The fourth-order valence-corrected chi connectivity index (χ4v) is 4.76. The van der Waals surface area contributed by atoms with E-state index in [1.807, 2.05) is 20.8 Å². The summed E-state index contributed by atoms with van der Waals surface area (Å²) in [6, 6.07) is 3.22. The molecule has 2 aliphatic heterocycles. The summed E-state index contributed by atoms with van der Waals surface area (Å²) in [5.41, 5.74) is 2.43. The third kappa shape index (κ3) is 3.06. The van der Waals surface area contributed by atoms with E-state index in [1.54, 1.807) is 48.0 Å². The van der Waals surface area contributed by atoms with Gasteiger partial charge in [-0.2, -0.15) is 5.10 Å². The third-order valence-corrected chi connectivity index (χ3v) is 6.11. The van der Waals surface area contributed by atoms with Gasteiger partial charge in [0.2, 0.25) is 0 Å². The van der Waals surface area contributed by atoms with Crippen molar-refractivity contribution in [3.05, 3.63) is 63.2 Å². The van der Waals surface area contributed by atoms with Crippen molar-refractivity contribution in [2.45, 2.75) is 65.1 Å². The molecule has 8 nitrogen and oxygen atoms in total. The maximum atomic E-state index is 14.3. The van der Waals surface area contributed by atoms with E-state index < -0.39 is 5.60 Å². The summed E-state index contributed by atoms with van der Waals surface area (Å²) in [5.74, 6) is 0.303.